The molecule has 0 atom stereocenters. The Morgan fingerprint density at radius 1 is 0.304 bits per heavy atom. The third-order valence-electron chi connectivity index (χ3n) is 11.2. The topological polar surface area (TPSA) is 3.24 Å². The summed E-state index contributed by atoms with van der Waals surface area (Å²) in [5, 5.41) is 10.0. The molecule has 0 aliphatic carbocycles. The SMILES string of the molecule is c1ccc(-c2c(-c3ccccc3)c3cc(N(c4cccc(-c5cccc6c5sc5ccccc56)c4)c4ccc5ccccc5c4)ccc3c3ccccc23)cc1. The van der Waals surface area contributed by atoms with E-state index in [4.69, 9.17) is 0 Å². The number of hydrogen-bond donors (Lipinski definition) is 0. The van der Waals surface area contributed by atoms with Crippen LogP contribution in [0.5, 0.6) is 0 Å². The van der Waals surface area contributed by atoms with Crippen molar-refractivity contribution in [3.8, 4) is 33.4 Å². The largest absolute Gasteiger partial charge is 0.310 e. The fraction of sp³-hybridized carbons (Fsp3) is 0. The van der Waals surface area contributed by atoms with Crippen LogP contribution in [0.3, 0.4) is 0 Å². The number of anilines is 3. The first-order valence-electron chi connectivity index (χ1n) is 19.2. The van der Waals surface area contributed by atoms with E-state index in [1.165, 1.54) is 85.9 Å². The second-order valence-corrected chi connectivity index (χ2v) is 15.5. The van der Waals surface area contributed by atoms with Crippen molar-refractivity contribution in [2.24, 2.45) is 0 Å². The first kappa shape index (κ1) is 32.4. The summed E-state index contributed by atoms with van der Waals surface area (Å²) >= 11 is 1.88. The normalized spacial score (nSPS) is 11.6. The second kappa shape index (κ2) is 13.4. The molecule has 0 unspecified atom stereocenters. The number of nitrogens with zero attached hydrogens (tertiary/aromatic N) is 1. The van der Waals surface area contributed by atoms with Gasteiger partial charge in [0.15, 0.2) is 0 Å². The van der Waals surface area contributed by atoms with Gasteiger partial charge in [-0.15, -0.1) is 11.3 Å². The van der Waals surface area contributed by atoms with Crippen molar-refractivity contribution >= 4 is 80.9 Å². The zero-order chi connectivity index (χ0) is 37.0. The Balaban J connectivity index is 1.19. The van der Waals surface area contributed by atoms with Crippen LogP contribution in [0.25, 0.3) is 85.9 Å². The molecule has 1 heterocycles. The van der Waals surface area contributed by atoms with E-state index in [0.717, 1.165) is 17.1 Å². The minimum absolute atomic E-state index is 1.11. The molecule has 0 saturated heterocycles. The average molecular weight is 730 g/mol. The predicted molar refractivity (Wildman–Crippen MR) is 243 cm³/mol. The Morgan fingerprint density at radius 2 is 0.857 bits per heavy atom. The average Bonchev–Trinajstić information content (AvgIpc) is 3.66. The molecule has 1 aromatic heterocycles. The van der Waals surface area contributed by atoms with Crippen molar-refractivity contribution in [2.75, 3.05) is 4.90 Å². The highest BCUT2D eigenvalue weighted by molar-refractivity contribution is 7.26. The Hall–Kier alpha value is -7.00. The Kier molecular flexibility index (Phi) is 7.75. The molecule has 0 aliphatic heterocycles. The van der Waals surface area contributed by atoms with Gasteiger partial charge >= 0.3 is 0 Å². The van der Waals surface area contributed by atoms with Crippen LogP contribution in [0.15, 0.2) is 212 Å². The molecule has 0 N–H and O–H groups in total. The van der Waals surface area contributed by atoms with Crippen LogP contribution in [0, 0.1) is 0 Å². The van der Waals surface area contributed by atoms with Crippen molar-refractivity contribution in [3.63, 3.8) is 0 Å². The molecule has 0 saturated carbocycles. The first-order valence-corrected chi connectivity index (χ1v) is 20.0. The fourth-order valence-electron chi connectivity index (χ4n) is 8.68. The van der Waals surface area contributed by atoms with Gasteiger partial charge in [0.1, 0.15) is 0 Å². The molecular weight excluding hydrogens is 695 g/mol. The minimum Gasteiger partial charge on any atom is -0.310 e. The number of fused-ring (bicyclic) bond motifs is 7. The molecule has 11 rings (SSSR count). The number of thiophene rings is 1. The summed E-state index contributed by atoms with van der Waals surface area (Å²) in [4.78, 5) is 2.44. The summed E-state index contributed by atoms with van der Waals surface area (Å²) in [6.45, 7) is 0. The number of hydrogen-bond acceptors (Lipinski definition) is 2. The molecule has 0 bridgehead atoms. The third-order valence-corrected chi connectivity index (χ3v) is 12.4. The third kappa shape index (κ3) is 5.38. The Morgan fingerprint density at radius 3 is 1.66 bits per heavy atom. The standard InChI is InChI=1S/C54H35NS/c1-3-16-37(17-4-1)52-48-25-10-9-23-45(48)46-32-31-43(35-50(46)53(52)38-18-5-2-6-19-38)55(42-30-29-36-15-7-8-20-39(36)33-42)41-22-13-21-40(34-41)44-26-14-27-49-47-24-11-12-28-51(47)56-54(44)49/h1-35H. The lowest BCUT2D eigenvalue weighted by Crippen LogP contribution is -2.10. The number of rotatable bonds is 6. The van der Waals surface area contributed by atoms with Gasteiger partial charge in [-0.2, -0.15) is 0 Å². The number of benzene rings is 10. The molecule has 0 radical (unpaired) electrons. The maximum absolute atomic E-state index is 2.44. The molecule has 56 heavy (non-hydrogen) atoms. The van der Waals surface area contributed by atoms with Gasteiger partial charge in [-0.1, -0.05) is 170 Å². The lowest BCUT2D eigenvalue weighted by molar-refractivity contribution is 1.29. The van der Waals surface area contributed by atoms with Crippen LogP contribution in [-0.4, -0.2) is 0 Å². The van der Waals surface area contributed by atoms with E-state index in [9.17, 15) is 0 Å². The van der Waals surface area contributed by atoms with Gasteiger partial charge in [0.25, 0.3) is 0 Å². The summed E-state index contributed by atoms with van der Waals surface area (Å²) in [6.07, 6.45) is 0. The van der Waals surface area contributed by atoms with Gasteiger partial charge in [0.05, 0.1) is 0 Å². The summed E-state index contributed by atoms with van der Waals surface area (Å²) in [7, 11) is 0. The van der Waals surface area contributed by atoms with Crippen LogP contribution < -0.4 is 4.90 Å². The van der Waals surface area contributed by atoms with Crippen LogP contribution in [0.2, 0.25) is 0 Å². The van der Waals surface area contributed by atoms with Crippen LogP contribution in [0.1, 0.15) is 0 Å². The summed E-state index contributed by atoms with van der Waals surface area (Å²) in [5.41, 5.74) is 10.7. The summed E-state index contributed by atoms with van der Waals surface area (Å²) < 4.78 is 2.64. The molecule has 1 nitrogen and oxygen atoms in total. The van der Waals surface area contributed by atoms with Gasteiger partial charge in [0, 0.05) is 37.2 Å². The molecule has 0 amide bonds. The highest BCUT2D eigenvalue weighted by Crippen LogP contribution is 2.48. The van der Waals surface area contributed by atoms with E-state index in [1.807, 2.05) is 11.3 Å². The molecule has 0 spiro atoms. The van der Waals surface area contributed by atoms with Crippen molar-refractivity contribution in [1.82, 2.24) is 0 Å². The van der Waals surface area contributed by atoms with Crippen molar-refractivity contribution < 1.29 is 0 Å². The quantitative estimate of drug-likeness (QED) is 0.154. The molecule has 262 valence electrons. The Labute approximate surface area is 330 Å². The van der Waals surface area contributed by atoms with Crippen LogP contribution in [-0.2, 0) is 0 Å². The zero-order valence-electron chi connectivity index (χ0n) is 30.6. The maximum Gasteiger partial charge on any atom is 0.0468 e. The predicted octanol–water partition coefficient (Wildman–Crippen LogP) is 16.0. The monoisotopic (exact) mass is 729 g/mol. The van der Waals surface area contributed by atoms with E-state index in [-0.39, 0.29) is 0 Å². The van der Waals surface area contributed by atoms with Crippen LogP contribution in [0.4, 0.5) is 17.1 Å². The van der Waals surface area contributed by atoms with E-state index in [2.05, 4.69) is 217 Å². The van der Waals surface area contributed by atoms with Gasteiger partial charge < -0.3 is 4.90 Å². The first-order chi connectivity index (χ1) is 27.8. The molecule has 0 aliphatic rings. The molecule has 0 fully saturated rings. The van der Waals surface area contributed by atoms with Gasteiger partial charge in [-0.25, -0.2) is 0 Å². The molecule has 11 aromatic rings. The molecule has 2 heteroatoms. The molecule has 10 aromatic carbocycles. The molecular formula is C54H35NS. The van der Waals surface area contributed by atoms with Crippen molar-refractivity contribution in [2.45, 2.75) is 0 Å². The highest BCUT2D eigenvalue weighted by atomic mass is 32.1. The minimum atomic E-state index is 1.11. The van der Waals surface area contributed by atoms with Gasteiger partial charge in [0.2, 0.25) is 0 Å². The van der Waals surface area contributed by atoms with Gasteiger partial charge in [-0.05, 0) is 108 Å². The second-order valence-electron chi connectivity index (χ2n) is 14.5. The van der Waals surface area contributed by atoms with Gasteiger partial charge in [-0.3, -0.25) is 0 Å². The Bertz CT molecular complexity index is 3250. The van der Waals surface area contributed by atoms with Crippen molar-refractivity contribution in [3.05, 3.63) is 212 Å². The maximum atomic E-state index is 2.44. The van der Waals surface area contributed by atoms with E-state index in [0.29, 0.717) is 0 Å². The lowest BCUT2D eigenvalue weighted by Gasteiger charge is -2.27. The fourth-order valence-corrected chi connectivity index (χ4v) is 9.92. The van der Waals surface area contributed by atoms with E-state index in [1.54, 1.807) is 0 Å². The summed E-state index contributed by atoms with van der Waals surface area (Å²) in [6, 6.07) is 77.8. The van der Waals surface area contributed by atoms with Crippen LogP contribution >= 0.6 is 11.3 Å². The smallest absolute Gasteiger partial charge is 0.0468 e. The zero-order valence-corrected chi connectivity index (χ0v) is 31.4. The van der Waals surface area contributed by atoms with E-state index >= 15 is 0 Å². The van der Waals surface area contributed by atoms with Crippen molar-refractivity contribution in [1.29, 1.82) is 0 Å². The lowest BCUT2D eigenvalue weighted by atomic mass is 9.85. The van der Waals surface area contributed by atoms with E-state index < -0.39 is 0 Å². The highest BCUT2D eigenvalue weighted by Gasteiger charge is 2.21. The summed E-state index contributed by atoms with van der Waals surface area (Å²) in [5.74, 6) is 0.